The molecule has 0 amide bonds. The summed E-state index contributed by atoms with van der Waals surface area (Å²) >= 11 is 0. The molecular weight excluding hydrogens is 248 g/mol. The number of aromatic nitrogens is 2. The number of fused-ring (bicyclic) bond motifs is 1. The molecule has 1 aromatic rings. The molecule has 2 fully saturated rings. The number of hydrogen-bond donors (Lipinski definition) is 1. The summed E-state index contributed by atoms with van der Waals surface area (Å²) < 4.78 is 0. The lowest BCUT2D eigenvalue weighted by Crippen LogP contribution is -2.24. The smallest absolute Gasteiger partial charge is 0.137 e. The second-order valence-corrected chi connectivity index (χ2v) is 6.16. The van der Waals surface area contributed by atoms with Crippen LogP contribution in [0.5, 0.6) is 0 Å². The molecular formula is C16H26N4. The van der Waals surface area contributed by atoms with Gasteiger partial charge in [0, 0.05) is 25.2 Å². The van der Waals surface area contributed by atoms with Gasteiger partial charge in [-0.05, 0) is 37.5 Å². The standard InChI is InChI=1S/C16H26N4/c1-3-8-17-15-14(4-2)16(19-11-18-15)20-9-12-6-5-7-13(12)10-20/h11-13H,3-10H2,1-2H3,(H,17,18,19). The number of nitrogens with zero attached hydrogens (tertiary/aromatic N) is 3. The second-order valence-electron chi connectivity index (χ2n) is 6.16. The summed E-state index contributed by atoms with van der Waals surface area (Å²) in [6.45, 7) is 7.76. The lowest BCUT2D eigenvalue weighted by atomic mass is 10.0. The molecule has 1 aliphatic heterocycles. The van der Waals surface area contributed by atoms with Gasteiger partial charge in [0.05, 0.1) is 0 Å². The van der Waals surface area contributed by atoms with E-state index in [1.807, 2.05) is 0 Å². The third kappa shape index (κ3) is 2.48. The van der Waals surface area contributed by atoms with Crippen molar-refractivity contribution in [3.05, 3.63) is 11.9 Å². The zero-order chi connectivity index (χ0) is 13.9. The van der Waals surface area contributed by atoms with Gasteiger partial charge < -0.3 is 10.2 Å². The van der Waals surface area contributed by atoms with Gasteiger partial charge in [0.15, 0.2) is 0 Å². The van der Waals surface area contributed by atoms with Gasteiger partial charge in [-0.3, -0.25) is 0 Å². The van der Waals surface area contributed by atoms with Crippen LogP contribution in [0.25, 0.3) is 0 Å². The molecule has 110 valence electrons. The fraction of sp³-hybridized carbons (Fsp3) is 0.750. The van der Waals surface area contributed by atoms with Gasteiger partial charge in [0.2, 0.25) is 0 Å². The van der Waals surface area contributed by atoms with E-state index < -0.39 is 0 Å². The number of rotatable bonds is 5. The quantitative estimate of drug-likeness (QED) is 0.896. The molecule has 20 heavy (non-hydrogen) atoms. The highest BCUT2D eigenvalue weighted by atomic mass is 15.2. The molecule has 1 N–H and O–H groups in total. The molecule has 0 bridgehead atoms. The van der Waals surface area contributed by atoms with E-state index in [-0.39, 0.29) is 0 Å². The first-order chi connectivity index (χ1) is 9.83. The molecule has 0 radical (unpaired) electrons. The van der Waals surface area contributed by atoms with Crippen molar-refractivity contribution >= 4 is 11.6 Å². The molecule has 4 nitrogen and oxygen atoms in total. The van der Waals surface area contributed by atoms with Gasteiger partial charge in [-0.2, -0.15) is 0 Å². The van der Waals surface area contributed by atoms with Crippen molar-refractivity contribution in [1.29, 1.82) is 0 Å². The van der Waals surface area contributed by atoms with Crippen molar-refractivity contribution in [2.75, 3.05) is 29.9 Å². The van der Waals surface area contributed by atoms with Gasteiger partial charge in [-0.15, -0.1) is 0 Å². The van der Waals surface area contributed by atoms with Crippen molar-refractivity contribution in [2.45, 2.75) is 46.0 Å². The molecule has 2 aliphatic rings. The average molecular weight is 274 g/mol. The van der Waals surface area contributed by atoms with Crippen LogP contribution >= 0.6 is 0 Å². The maximum Gasteiger partial charge on any atom is 0.137 e. The summed E-state index contributed by atoms with van der Waals surface area (Å²) in [6, 6.07) is 0. The molecule has 1 saturated carbocycles. The maximum atomic E-state index is 4.60. The summed E-state index contributed by atoms with van der Waals surface area (Å²) in [5.41, 5.74) is 1.29. The highest BCUT2D eigenvalue weighted by Crippen LogP contribution is 2.40. The first-order valence-corrected chi connectivity index (χ1v) is 8.16. The van der Waals surface area contributed by atoms with Crippen LogP contribution in [0.4, 0.5) is 11.6 Å². The van der Waals surface area contributed by atoms with Crippen molar-refractivity contribution in [1.82, 2.24) is 9.97 Å². The first-order valence-electron chi connectivity index (χ1n) is 8.16. The summed E-state index contributed by atoms with van der Waals surface area (Å²) in [4.78, 5) is 11.6. The summed E-state index contributed by atoms with van der Waals surface area (Å²) in [7, 11) is 0. The van der Waals surface area contributed by atoms with E-state index in [0.29, 0.717) is 0 Å². The molecule has 2 atom stereocenters. The van der Waals surface area contributed by atoms with Crippen LogP contribution in [-0.2, 0) is 6.42 Å². The van der Waals surface area contributed by atoms with E-state index in [2.05, 4.69) is 34.0 Å². The molecule has 4 heteroatoms. The lowest BCUT2D eigenvalue weighted by Gasteiger charge is -2.22. The zero-order valence-electron chi connectivity index (χ0n) is 12.7. The normalized spacial score (nSPS) is 25.0. The monoisotopic (exact) mass is 274 g/mol. The van der Waals surface area contributed by atoms with Crippen LogP contribution in [0.1, 0.15) is 45.1 Å². The van der Waals surface area contributed by atoms with Crippen molar-refractivity contribution in [2.24, 2.45) is 11.8 Å². The molecule has 3 rings (SSSR count). The maximum absolute atomic E-state index is 4.60. The van der Waals surface area contributed by atoms with E-state index >= 15 is 0 Å². The van der Waals surface area contributed by atoms with Gasteiger partial charge in [-0.25, -0.2) is 9.97 Å². The number of hydrogen-bond acceptors (Lipinski definition) is 4. The SMILES string of the molecule is CCCNc1ncnc(N2CC3CCCC3C2)c1CC. The molecule has 1 aliphatic carbocycles. The fourth-order valence-corrected chi connectivity index (χ4v) is 3.80. The van der Waals surface area contributed by atoms with Crippen LogP contribution in [0, 0.1) is 11.8 Å². The molecule has 1 saturated heterocycles. The van der Waals surface area contributed by atoms with Crippen molar-refractivity contribution in [3.63, 3.8) is 0 Å². The topological polar surface area (TPSA) is 41.1 Å². The lowest BCUT2D eigenvalue weighted by molar-refractivity contribution is 0.494. The van der Waals surface area contributed by atoms with Gasteiger partial charge >= 0.3 is 0 Å². The van der Waals surface area contributed by atoms with E-state index in [0.717, 1.165) is 37.0 Å². The van der Waals surface area contributed by atoms with Crippen molar-refractivity contribution < 1.29 is 0 Å². The third-order valence-electron chi connectivity index (χ3n) is 4.84. The van der Waals surface area contributed by atoms with Gasteiger partial charge in [-0.1, -0.05) is 20.3 Å². The number of anilines is 2. The Morgan fingerprint density at radius 3 is 2.60 bits per heavy atom. The molecule has 2 unspecified atom stereocenters. The molecule has 1 aromatic heterocycles. The summed E-state index contributed by atoms with van der Waals surface area (Å²) in [5, 5.41) is 3.45. The molecule has 2 heterocycles. The largest absolute Gasteiger partial charge is 0.370 e. The minimum absolute atomic E-state index is 0.904. The van der Waals surface area contributed by atoms with Crippen LogP contribution in [-0.4, -0.2) is 29.6 Å². The van der Waals surface area contributed by atoms with Gasteiger partial charge in [0.25, 0.3) is 0 Å². The Labute approximate surface area is 122 Å². The highest BCUT2D eigenvalue weighted by Gasteiger charge is 2.37. The highest BCUT2D eigenvalue weighted by molar-refractivity contribution is 5.59. The van der Waals surface area contributed by atoms with Crippen LogP contribution in [0.15, 0.2) is 6.33 Å². The third-order valence-corrected chi connectivity index (χ3v) is 4.84. The Morgan fingerprint density at radius 1 is 1.20 bits per heavy atom. The van der Waals surface area contributed by atoms with E-state index in [1.54, 1.807) is 6.33 Å². The Bertz CT molecular complexity index is 448. The Balaban J connectivity index is 1.82. The summed E-state index contributed by atoms with van der Waals surface area (Å²) in [5.74, 6) is 4.02. The molecule has 0 aromatic carbocycles. The first kappa shape index (κ1) is 13.7. The summed E-state index contributed by atoms with van der Waals surface area (Å²) in [6.07, 6.45) is 8.09. The minimum atomic E-state index is 0.904. The predicted molar refractivity (Wildman–Crippen MR) is 83.2 cm³/mol. The van der Waals surface area contributed by atoms with E-state index in [9.17, 15) is 0 Å². The van der Waals surface area contributed by atoms with Crippen LogP contribution in [0.3, 0.4) is 0 Å². The van der Waals surface area contributed by atoms with E-state index in [4.69, 9.17) is 0 Å². The minimum Gasteiger partial charge on any atom is -0.370 e. The Hall–Kier alpha value is -1.32. The Morgan fingerprint density at radius 2 is 1.95 bits per heavy atom. The van der Waals surface area contributed by atoms with Crippen LogP contribution in [0.2, 0.25) is 0 Å². The Kier molecular flexibility index (Phi) is 4.08. The van der Waals surface area contributed by atoms with Crippen molar-refractivity contribution in [3.8, 4) is 0 Å². The average Bonchev–Trinajstić information content (AvgIpc) is 3.05. The van der Waals surface area contributed by atoms with E-state index in [1.165, 1.54) is 43.7 Å². The van der Waals surface area contributed by atoms with Crippen LogP contribution < -0.4 is 10.2 Å². The van der Waals surface area contributed by atoms with Gasteiger partial charge in [0.1, 0.15) is 18.0 Å². The zero-order valence-corrected chi connectivity index (χ0v) is 12.7. The second kappa shape index (κ2) is 5.98. The predicted octanol–water partition coefficient (Wildman–Crippen LogP) is 3.10. The fourth-order valence-electron chi connectivity index (χ4n) is 3.80. The molecule has 0 spiro atoms. The number of nitrogens with one attached hydrogen (secondary N) is 1.